The SMILES string of the molecule is COCC#Cc1cn(-c2c(Cl)cccc2Cl)c(=O)c2cnc(Nc3ccc(N4CCC(N)CC4)c(C)c3)nc12. The van der Waals surface area contributed by atoms with Gasteiger partial charge in [-0.3, -0.25) is 9.36 Å². The minimum atomic E-state index is -0.356. The Hall–Kier alpha value is -3.61. The molecule has 5 rings (SSSR count). The smallest absolute Gasteiger partial charge is 0.266 e. The minimum absolute atomic E-state index is 0.220. The number of nitrogens with zero attached hydrogens (tertiary/aromatic N) is 4. The van der Waals surface area contributed by atoms with Gasteiger partial charge in [0.25, 0.3) is 5.56 Å². The van der Waals surface area contributed by atoms with E-state index in [1.807, 2.05) is 6.07 Å². The first-order valence-electron chi connectivity index (χ1n) is 12.6. The lowest BCUT2D eigenvalue weighted by Gasteiger charge is -2.33. The summed E-state index contributed by atoms with van der Waals surface area (Å²) in [6, 6.07) is 11.5. The van der Waals surface area contributed by atoms with Gasteiger partial charge in [0, 0.05) is 50.0 Å². The molecule has 0 bridgehead atoms. The van der Waals surface area contributed by atoms with Crippen molar-refractivity contribution in [1.29, 1.82) is 0 Å². The summed E-state index contributed by atoms with van der Waals surface area (Å²) in [5, 5.41) is 4.23. The molecule has 0 radical (unpaired) electrons. The number of hydrogen-bond donors (Lipinski definition) is 2. The van der Waals surface area contributed by atoms with Gasteiger partial charge in [-0.15, -0.1) is 0 Å². The van der Waals surface area contributed by atoms with Crippen LogP contribution < -0.4 is 21.5 Å². The molecule has 2 aromatic heterocycles. The zero-order valence-electron chi connectivity index (χ0n) is 21.7. The summed E-state index contributed by atoms with van der Waals surface area (Å²) in [5.74, 6) is 6.35. The topological polar surface area (TPSA) is 98.3 Å². The molecule has 0 unspecified atom stereocenters. The quantitative estimate of drug-likeness (QED) is 0.328. The van der Waals surface area contributed by atoms with E-state index in [0.29, 0.717) is 32.8 Å². The lowest BCUT2D eigenvalue weighted by Crippen LogP contribution is -2.39. The largest absolute Gasteiger partial charge is 0.372 e. The maximum atomic E-state index is 13.5. The number of aryl methyl sites for hydroxylation is 1. The molecule has 0 saturated carbocycles. The number of para-hydroxylation sites is 1. The highest BCUT2D eigenvalue weighted by Gasteiger charge is 2.19. The molecule has 1 aliphatic heterocycles. The third-order valence-electron chi connectivity index (χ3n) is 6.70. The number of pyridine rings is 1. The number of ether oxygens (including phenoxy) is 1. The predicted octanol–water partition coefficient (Wildman–Crippen LogP) is 5.06. The fraction of sp³-hybridized carbons (Fsp3) is 0.276. The average molecular weight is 563 g/mol. The van der Waals surface area contributed by atoms with Crippen molar-refractivity contribution in [3.8, 4) is 17.5 Å². The number of hydrogen-bond acceptors (Lipinski definition) is 7. The van der Waals surface area contributed by atoms with Crippen molar-refractivity contribution in [2.45, 2.75) is 25.8 Å². The van der Waals surface area contributed by atoms with Gasteiger partial charge in [-0.25, -0.2) is 9.97 Å². The monoisotopic (exact) mass is 562 g/mol. The standard InChI is InChI=1S/C29H28Cl2N6O2/c1-18-15-21(8-9-25(18)36-12-10-20(32)11-13-36)34-29-33-16-22-26(35-29)19(5-4-14-39-2)17-37(28(22)38)27-23(30)6-3-7-24(27)31/h3,6-9,15-17,20H,10-14,32H2,1-2H3,(H,33,34,35). The van der Waals surface area contributed by atoms with Crippen LogP contribution in [0.25, 0.3) is 16.6 Å². The minimum Gasteiger partial charge on any atom is -0.372 e. The summed E-state index contributed by atoms with van der Waals surface area (Å²) in [6.07, 6.45) is 5.07. The first kappa shape index (κ1) is 27.0. The van der Waals surface area contributed by atoms with E-state index in [-0.39, 0.29) is 23.6 Å². The molecule has 1 aliphatic rings. The van der Waals surface area contributed by atoms with Crippen molar-refractivity contribution in [3.05, 3.63) is 80.3 Å². The van der Waals surface area contributed by atoms with Gasteiger partial charge in [0.1, 0.15) is 6.61 Å². The molecule has 3 heterocycles. The van der Waals surface area contributed by atoms with Crippen LogP contribution in [0.2, 0.25) is 10.0 Å². The average Bonchev–Trinajstić information content (AvgIpc) is 2.91. The second-order valence-corrected chi connectivity index (χ2v) is 10.2. The van der Waals surface area contributed by atoms with Gasteiger partial charge >= 0.3 is 0 Å². The van der Waals surface area contributed by atoms with Crippen molar-refractivity contribution in [2.75, 3.05) is 37.0 Å². The molecule has 4 aromatic rings. The van der Waals surface area contributed by atoms with Crippen molar-refractivity contribution >= 4 is 51.4 Å². The lowest BCUT2D eigenvalue weighted by atomic mass is 10.0. The lowest BCUT2D eigenvalue weighted by molar-refractivity contribution is 0.240. The molecule has 8 nitrogen and oxygen atoms in total. The van der Waals surface area contributed by atoms with E-state index in [1.54, 1.807) is 31.5 Å². The summed E-state index contributed by atoms with van der Waals surface area (Å²) < 4.78 is 6.47. The van der Waals surface area contributed by atoms with Crippen LogP contribution >= 0.6 is 23.2 Å². The number of nitrogens with one attached hydrogen (secondary N) is 1. The Kier molecular flexibility index (Phi) is 8.05. The van der Waals surface area contributed by atoms with Crippen LogP contribution in [0.1, 0.15) is 24.0 Å². The number of benzene rings is 2. The highest BCUT2D eigenvalue weighted by atomic mass is 35.5. The maximum absolute atomic E-state index is 13.5. The first-order chi connectivity index (χ1) is 18.9. The molecule has 0 amide bonds. The second-order valence-electron chi connectivity index (χ2n) is 9.43. The van der Waals surface area contributed by atoms with Crippen molar-refractivity contribution in [1.82, 2.24) is 14.5 Å². The zero-order valence-corrected chi connectivity index (χ0v) is 23.2. The Morgan fingerprint density at radius 2 is 1.92 bits per heavy atom. The summed E-state index contributed by atoms with van der Waals surface area (Å²) in [4.78, 5) is 25.0. The summed E-state index contributed by atoms with van der Waals surface area (Å²) in [7, 11) is 1.56. The van der Waals surface area contributed by atoms with Crippen molar-refractivity contribution < 1.29 is 4.74 Å². The van der Waals surface area contributed by atoms with Gasteiger partial charge < -0.3 is 20.7 Å². The number of halogens is 2. The van der Waals surface area contributed by atoms with Gasteiger partial charge in [0.15, 0.2) is 0 Å². The fourth-order valence-corrected chi connectivity index (χ4v) is 5.30. The molecule has 200 valence electrons. The van der Waals surface area contributed by atoms with Crippen LogP contribution in [-0.2, 0) is 4.74 Å². The summed E-state index contributed by atoms with van der Waals surface area (Å²) in [6.45, 7) is 4.21. The van der Waals surface area contributed by atoms with Gasteiger partial charge in [-0.1, -0.05) is 41.1 Å². The van der Waals surface area contributed by atoms with Crippen LogP contribution in [0.3, 0.4) is 0 Å². The number of rotatable bonds is 5. The molecular weight excluding hydrogens is 535 g/mol. The zero-order chi connectivity index (χ0) is 27.5. The van der Waals surface area contributed by atoms with Crippen LogP contribution in [0.5, 0.6) is 0 Å². The Balaban J connectivity index is 1.53. The molecule has 10 heteroatoms. The van der Waals surface area contributed by atoms with Gasteiger partial charge in [0.05, 0.1) is 32.2 Å². The van der Waals surface area contributed by atoms with Crippen LogP contribution in [-0.4, -0.2) is 47.4 Å². The van der Waals surface area contributed by atoms with Crippen LogP contribution in [0.4, 0.5) is 17.3 Å². The highest BCUT2D eigenvalue weighted by molar-refractivity contribution is 6.37. The molecule has 1 saturated heterocycles. The van der Waals surface area contributed by atoms with E-state index in [9.17, 15) is 4.79 Å². The predicted molar refractivity (Wildman–Crippen MR) is 158 cm³/mol. The number of anilines is 3. The number of fused-ring (bicyclic) bond motifs is 1. The molecule has 0 spiro atoms. The van der Waals surface area contributed by atoms with E-state index in [1.165, 1.54) is 16.5 Å². The Morgan fingerprint density at radius 1 is 1.18 bits per heavy atom. The number of aromatic nitrogens is 3. The van der Waals surface area contributed by atoms with Crippen LogP contribution in [0.15, 0.2) is 53.6 Å². The molecule has 0 atom stereocenters. The third-order valence-corrected chi connectivity index (χ3v) is 7.31. The molecule has 3 N–H and O–H groups in total. The van der Waals surface area contributed by atoms with Gasteiger partial charge in [-0.05, 0) is 55.7 Å². The molecule has 1 fully saturated rings. The Labute approximate surface area is 236 Å². The highest BCUT2D eigenvalue weighted by Crippen LogP contribution is 2.30. The summed E-state index contributed by atoms with van der Waals surface area (Å²) in [5.41, 5.74) is 10.2. The van der Waals surface area contributed by atoms with Gasteiger partial charge in [0.2, 0.25) is 5.95 Å². The molecule has 2 aromatic carbocycles. The Morgan fingerprint density at radius 3 is 2.62 bits per heavy atom. The number of piperidine rings is 1. The second kappa shape index (κ2) is 11.6. The Bertz CT molecular complexity index is 1630. The molecular formula is C29H28Cl2N6O2. The molecule has 0 aliphatic carbocycles. The van der Waals surface area contributed by atoms with E-state index >= 15 is 0 Å². The van der Waals surface area contributed by atoms with Gasteiger partial charge in [-0.2, -0.15) is 0 Å². The van der Waals surface area contributed by atoms with Crippen molar-refractivity contribution in [3.63, 3.8) is 0 Å². The normalized spacial score (nSPS) is 13.8. The van der Waals surface area contributed by atoms with E-state index in [2.05, 4.69) is 51.1 Å². The third kappa shape index (κ3) is 5.72. The van der Waals surface area contributed by atoms with Crippen molar-refractivity contribution in [2.24, 2.45) is 5.73 Å². The number of nitrogens with two attached hydrogens (primary N) is 1. The summed E-state index contributed by atoms with van der Waals surface area (Å²) >= 11 is 12.8. The fourth-order valence-electron chi connectivity index (χ4n) is 4.72. The first-order valence-corrected chi connectivity index (χ1v) is 13.3. The maximum Gasteiger partial charge on any atom is 0.266 e. The van der Waals surface area contributed by atoms with E-state index in [0.717, 1.165) is 37.2 Å². The van der Waals surface area contributed by atoms with E-state index in [4.69, 9.17) is 33.7 Å². The van der Waals surface area contributed by atoms with E-state index < -0.39 is 0 Å². The number of methoxy groups -OCH3 is 1. The molecule has 39 heavy (non-hydrogen) atoms. The van der Waals surface area contributed by atoms with Crippen LogP contribution in [0, 0.1) is 18.8 Å².